The van der Waals surface area contributed by atoms with Crippen LogP contribution in [0.15, 0.2) is 22.5 Å². The molecule has 108 valence electrons. The zero-order valence-electron chi connectivity index (χ0n) is 11.0. The summed E-state index contributed by atoms with van der Waals surface area (Å²) in [6.07, 6.45) is 1.68. The summed E-state index contributed by atoms with van der Waals surface area (Å²) in [5.74, 6) is 0.643. The highest BCUT2D eigenvalue weighted by atomic mass is 32.2. The van der Waals surface area contributed by atoms with Gasteiger partial charge in [0.15, 0.2) is 0 Å². The van der Waals surface area contributed by atoms with Gasteiger partial charge >= 0.3 is 0 Å². The van der Waals surface area contributed by atoms with Gasteiger partial charge in [-0.3, -0.25) is 4.55 Å². The average Bonchev–Trinajstić information content (AvgIpc) is 2.83. The molecule has 3 rings (SSSR count). The van der Waals surface area contributed by atoms with E-state index in [1.54, 1.807) is 12.3 Å². The molecule has 0 amide bonds. The predicted octanol–water partition coefficient (Wildman–Crippen LogP) is 1.29. The van der Waals surface area contributed by atoms with Crippen molar-refractivity contribution < 1.29 is 13.0 Å². The lowest BCUT2D eigenvalue weighted by Gasteiger charge is -2.33. The number of nitrogens with zero attached hydrogens (tertiary/aromatic N) is 3. The van der Waals surface area contributed by atoms with Gasteiger partial charge in [-0.05, 0) is 13.1 Å². The summed E-state index contributed by atoms with van der Waals surface area (Å²) in [6.45, 7) is 3.40. The lowest BCUT2D eigenvalue weighted by molar-refractivity contribution is 0.312. The topological polar surface area (TPSA) is 73.7 Å². The second-order valence-corrected chi connectivity index (χ2v) is 7.17. The van der Waals surface area contributed by atoms with E-state index in [9.17, 15) is 13.0 Å². The normalized spacial score (nSPS) is 17.8. The van der Waals surface area contributed by atoms with Crippen molar-refractivity contribution in [3.05, 3.63) is 17.6 Å². The van der Waals surface area contributed by atoms with E-state index in [1.807, 2.05) is 0 Å². The number of likely N-dealkylation sites (N-methyl/N-ethyl adjacent to an activating group) is 1. The first-order chi connectivity index (χ1) is 9.47. The standard InChI is InChI=1S/C12H15N3O3S2/c1-14-4-6-15(7-5-14)12-11-9(2-3-13-12)19-8-10(11)20(16,17)18/h2-3,8H,4-7H2,1H3,(H,16,17,18). The van der Waals surface area contributed by atoms with E-state index >= 15 is 0 Å². The molecule has 20 heavy (non-hydrogen) atoms. The van der Waals surface area contributed by atoms with Gasteiger partial charge in [-0.2, -0.15) is 8.42 Å². The van der Waals surface area contributed by atoms with Crippen molar-refractivity contribution in [2.75, 3.05) is 38.1 Å². The van der Waals surface area contributed by atoms with Crippen LogP contribution in [-0.4, -0.2) is 56.1 Å². The largest absolute Gasteiger partial charge is 0.353 e. The quantitative estimate of drug-likeness (QED) is 0.842. The maximum Gasteiger partial charge on any atom is 0.296 e. The maximum absolute atomic E-state index is 11.5. The summed E-state index contributed by atoms with van der Waals surface area (Å²) in [7, 11) is -2.17. The van der Waals surface area contributed by atoms with Gasteiger partial charge in [-0.1, -0.05) is 0 Å². The molecule has 3 heterocycles. The summed E-state index contributed by atoms with van der Waals surface area (Å²) in [6, 6.07) is 1.77. The third-order valence-electron chi connectivity index (χ3n) is 3.51. The van der Waals surface area contributed by atoms with Crippen LogP contribution in [0.1, 0.15) is 0 Å². The zero-order chi connectivity index (χ0) is 14.3. The van der Waals surface area contributed by atoms with E-state index in [4.69, 9.17) is 0 Å². The van der Waals surface area contributed by atoms with Gasteiger partial charge < -0.3 is 9.80 Å². The Kier molecular flexibility index (Phi) is 3.41. The van der Waals surface area contributed by atoms with Crippen molar-refractivity contribution in [3.63, 3.8) is 0 Å². The molecule has 1 aliphatic rings. The van der Waals surface area contributed by atoms with Crippen LogP contribution in [0.4, 0.5) is 5.82 Å². The maximum atomic E-state index is 11.5. The van der Waals surface area contributed by atoms with Crippen molar-refractivity contribution in [1.29, 1.82) is 0 Å². The van der Waals surface area contributed by atoms with Crippen molar-refractivity contribution in [2.45, 2.75) is 4.90 Å². The Morgan fingerprint density at radius 2 is 2.00 bits per heavy atom. The Morgan fingerprint density at radius 1 is 1.30 bits per heavy atom. The first-order valence-corrected chi connectivity index (χ1v) is 8.56. The molecule has 1 fully saturated rings. The molecule has 0 unspecified atom stereocenters. The van der Waals surface area contributed by atoms with Gasteiger partial charge in [-0.15, -0.1) is 11.3 Å². The number of piperazine rings is 1. The molecule has 0 bridgehead atoms. The summed E-state index contributed by atoms with van der Waals surface area (Å²) in [5.41, 5.74) is 0. The second-order valence-electron chi connectivity index (χ2n) is 4.87. The third kappa shape index (κ3) is 2.39. The van der Waals surface area contributed by atoms with Crippen molar-refractivity contribution in [1.82, 2.24) is 9.88 Å². The molecule has 8 heteroatoms. The average molecular weight is 313 g/mol. The van der Waals surface area contributed by atoms with E-state index in [0.29, 0.717) is 11.2 Å². The third-order valence-corrected chi connectivity index (χ3v) is 5.49. The number of fused-ring (bicyclic) bond motifs is 1. The predicted molar refractivity (Wildman–Crippen MR) is 79.1 cm³/mol. The van der Waals surface area contributed by atoms with Crippen molar-refractivity contribution in [3.8, 4) is 0 Å². The van der Waals surface area contributed by atoms with Crippen molar-refractivity contribution >= 4 is 37.4 Å². The first-order valence-electron chi connectivity index (χ1n) is 6.24. The number of pyridine rings is 1. The Bertz CT molecular complexity index is 733. The molecule has 6 nitrogen and oxygen atoms in total. The molecule has 0 radical (unpaired) electrons. The molecular formula is C12H15N3O3S2. The van der Waals surface area contributed by atoms with Gasteiger partial charge in [0.1, 0.15) is 10.7 Å². The number of aromatic nitrogens is 1. The van der Waals surface area contributed by atoms with E-state index in [0.717, 1.165) is 30.9 Å². The van der Waals surface area contributed by atoms with E-state index in [-0.39, 0.29) is 4.90 Å². The lowest BCUT2D eigenvalue weighted by Crippen LogP contribution is -2.44. The highest BCUT2D eigenvalue weighted by Crippen LogP contribution is 2.35. The second kappa shape index (κ2) is 4.96. The van der Waals surface area contributed by atoms with Gasteiger partial charge in [0, 0.05) is 42.5 Å². The molecular weight excluding hydrogens is 298 g/mol. The molecule has 0 atom stereocenters. The molecule has 2 aromatic rings. The minimum Gasteiger partial charge on any atom is -0.353 e. The Morgan fingerprint density at radius 3 is 2.65 bits per heavy atom. The number of hydrogen-bond acceptors (Lipinski definition) is 6. The molecule has 0 spiro atoms. The van der Waals surface area contributed by atoms with Gasteiger partial charge in [0.2, 0.25) is 0 Å². The van der Waals surface area contributed by atoms with E-state index in [2.05, 4.69) is 21.8 Å². The molecule has 0 aliphatic carbocycles. The Balaban J connectivity index is 2.13. The summed E-state index contributed by atoms with van der Waals surface area (Å²) in [4.78, 5) is 8.59. The molecule has 0 saturated carbocycles. The van der Waals surface area contributed by atoms with Crippen LogP contribution < -0.4 is 4.90 Å². The Labute approximate surface area is 121 Å². The van der Waals surface area contributed by atoms with Crippen LogP contribution in [0.25, 0.3) is 10.1 Å². The molecule has 1 aliphatic heterocycles. The first kappa shape index (κ1) is 13.7. The van der Waals surface area contributed by atoms with Gasteiger partial charge in [0.25, 0.3) is 10.1 Å². The van der Waals surface area contributed by atoms with Crippen LogP contribution in [-0.2, 0) is 10.1 Å². The highest BCUT2D eigenvalue weighted by Gasteiger charge is 2.24. The highest BCUT2D eigenvalue weighted by molar-refractivity contribution is 7.86. The fraction of sp³-hybridized carbons (Fsp3) is 0.417. The van der Waals surface area contributed by atoms with E-state index in [1.165, 1.54) is 16.7 Å². The summed E-state index contributed by atoms with van der Waals surface area (Å²) >= 11 is 1.30. The van der Waals surface area contributed by atoms with Crippen LogP contribution in [0.5, 0.6) is 0 Å². The van der Waals surface area contributed by atoms with E-state index < -0.39 is 10.1 Å². The van der Waals surface area contributed by atoms with Crippen LogP contribution >= 0.6 is 11.3 Å². The fourth-order valence-corrected chi connectivity index (χ4v) is 4.35. The van der Waals surface area contributed by atoms with Gasteiger partial charge in [-0.25, -0.2) is 4.98 Å². The zero-order valence-corrected chi connectivity index (χ0v) is 12.6. The molecule has 1 saturated heterocycles. The smallest absolute Gasteiger partial charge is 0.296 e. The summed E-state index contributed by atoms with van der Waals surface area (Å²) < 4.78 is 33.2. The minimum absolute atomic E-state index is 0.0421. The van der Waals surface area contributed by atoms with Gasteiger partial charge in [0.05, 0.1) is 5.39 Å². The number of anilines is 1. The minimum atomic E-state index is -4.22. The number of rotatable bonds is 2. The SMILES string of the molecule is CN1CCN(c2nccc3scc(S(=O)(=O)O)c23)CC1. The lowest BCUT2D eigenvalue weighted by atomic mass is 10.2. The molecule has 1 N–H and O–H groups in total. The van der Waals surface area contributed by atoms with Crippen LogP contribution in [0.3, 0.4) is 0 Å². The molecule has 2 aromatic heterocycles. The fourth-order valence-electron chi connectivity index (χ4n) is 2.39. The van der Waals surface area contributed by atoms with Crippen LogP contribution in [0, 0.1) is 0 Å². The number of thiophene rings is 1. The number of hydrogen-bond donors (Lipinski definition) is 1. The van der Waals surface area contributed by atoms with Crippen LogP contribution in [0.2, 0.25) is 0 Å². The van der Waals surface area contributed by atoms with Crippen molar-refractivity contribution in [2.24, 2.45) is 0 Å². The monoisotopic (exact) mass is 313 g/mol. The Hall–Kier alpha value is -1.22. The summed E-state index contributed by atoms with van der Waals surface area (Å²) in [5, 5.41) is 2.01. The molecule has 0 aromatic carbocycles.